The highest BCUT2D eigenvalue weighted by Crippen LogP contribution is 2.25. The van der Waals surface area contributed by atoms with Crippen LogP contribution in [0, 0.1) is 12.7 Å². The smallest absolute Gasteiger partial charge is 0.162 e. The number of carbonyl (C=O) groups excluding carboxylic acids is 1. The highest BCUT2D eigenvalue weighted by atomic mass is 35.5. The molecule has 0 bridgehead atoms. The summed E-state index contributed by atoms with van der Waals surface area (Å²) in [5.41, 5.74) is 1.92. The van der Waals surface area contributed by atoms with E-state index in [1.54, 1.807) is 19.1 Å². The third-order valence-corrected chi connectivity index (χ3v) is 2.85. The summed E-state index contributed by atoms with van der Waals surface area (Å²) in [4.78, 5) is 15.4. The molecule has 1 aromatic carbocycles. The molecular formula is C14H12ClFN2O. The first-order valence-corrected chi connectivity index (χ1v) is 6.05. The number of ketones is 1. The Bertz CT molecular complexity index is 643. The normalized spacial score (nSPS) is 10.3. The number of pyridine rings is 1. The number of benzene rings is 1. The van der Waals surface area contributed by atoms with Gasteiger partial charge in [0.05, 0.1) is 17.6 Å². The highest BCUT2D eigenvalue weighted by molar-refractivity contribution is 6.29. The maximum Gasteiger partial charge on any atom is 0.162 e. The van der Waals surface area contributed by atoms with Gasteiger partial charge < -0.3 is 5.32 Å². The minimum Gasteiger partial charge on any atom is -0.351 e. The largest absolute Gasteiger partial charge is 0.351 e. The van der Waals surface area contributed by atoms with Crippen molar-refractivity contribution in [3.05, 3.63) is 52.6 Å². The number of aromatic nitrogens is 1. The Hall–Kier alpha value is -1.94. The molecular weight excluding hydrogens is 267 g/mol. The Morgan fingerprint density at radius 2 is 2.05 bits per heavy atom. The zero-order chi connectivity index (χ0) is 14.0. The summed E-state index contributed by atoms with van der Waals surface area (Å²) in [7, 11) is 0. The van der Waals surface area contributed by atoms with Crippen LogP contribution in [0.2, 0.25) is 5.15 Å². The van der Waals surface area contributed by atoms with Gasteiger partial charge in [0, 0.05) is 5.56 Å². The second kappa shape index (κ2) is 5.36. The van der Waals surface area contributed by atoms with Crippen LogP contribution in [-0.2, 0) is 0 Å². The van der Waals surface area contributed by atoms with Gasteiger partial charge in [0.2, 0.25) is 0 Å². The lowest BCUT2D eigenvalue weighted by Gasteiger charge is -2.11. The van der Waals surface area contributed by atoms with Gasteiger partial charge >= 0.3 is 0 Å². The Labute approximate surface area is 115 Å². The van der Waals surface area contributed by atoms with Gasteiger partial charge in [-0.15, -0.1) is 0 Å². The molecule has 0 spiro atoms. The fourth-order valence-electron chi connectivity index (χ4n) is 1.69. The van der Waals surface area contributed by atoms with Crippen LogP contribution in [0.15, 0.2) is 30.5 Å². The number of hydrogen-bond donors (Lipinski definition) is 1. The van der Waals surface area contributed by atoms with Gasteiger partial charge in [-0.1, -0.05) is 17.7 Å². The molecule has 0 aliphatic heterocycles. The summed E-state index contributed by atoms with van der Waals surface area (Å²) < 4.78 is 13.8. The average molecular weight is 279 g/mol. The monoisotopic (exact) mass is 278 g/mol. The van der Waals surface area contributed by atoms with Crippen molar-refractivity contribution < 1.29 is 9.18 Å². The predicted molar refractivity (Wildman–Crippen MR) is 73.7 cm³/mol. The zero-order valence-corrected chi connectivity index (χ0v) is 11.3. The van der Waals surface area contributed by atoms with Crippen molar-refractivity contribution in [3.8, 4) is 0 Å². The lowest BCUT2D eigenvalue weighted by atomic mass is 10.1. The van der Waals surface area contributed by atoms with Gasteiger partial charge in [-0.05, 0) is 37.6 Å². The van der Waals surface area contributed by atoms with E-state index in [-0.39, 0.29) is 22.4 Å². The number of carbonyl (C=O) groups is 1. The van der Waals surface area contributed by atoms with E-state index in [9.17, 15) is 9.18 Å². The first-order chi connectivity index (χ1) is 8.97. The van der Waals surface area contributed by atoms with Gasteiger partial charge in [0.25, 0.3) is 0 Å². The number of halogens is 2. The van der Waals surface area contributed by atoms with E-state index in [0.717, 1.165) is 5.56 Å². The summed E-state index contributed by atoms with van der Waals surface area (Å²) in [6, 6.07) is 6.27. The van der Waals surface area contributed by atoms with E-state index in [1.165, 1.54) is 25.3 Å². The molecule has 0 radical (unpaired) electrons. The Morgan fingerprint density at radius 1 is 1.32 bits per heavy atom. The van der Waals surface area contributed by atoms with Gasteiger partial charge in [0.1, 0.15) is 11.0 Å². The maximum absolute atomic E-state index is 13.8. The molecule has 0 amide bonds. The van der Waals surface area contributed by atoms with E-state index >= 15 is 0 Å². The Balaban J connectivity index is 2.40. The van der Waals surface area contributed by atoms with Crippen molar-refractivity contribution in [1.29, 1.82) is 0 Å². The quantitative estimate of drug-likeness (QED) is 0.678. The fraction of sp³-hybridized carbons (Fsp3) is 0.143. The standard InChI is InChI=1S/C14H12ClFN2O/c1-8-3-4-12(11(16)5-8)18-13-7-17-14(15)6-10(13)9(2)19/h3-7,18H,1-2H3. The van der Waals surface area contributed by atoms with Crippen LogP contribution < -0.4 is 5.32 Å². The molecule has 0 atom stereocenters. The van der Waals surface area contributed by atoms with Gasteiger partial charge in [-0.2, -0.15) is 0 Å². The van der Waals surface area contributed by atoms with Crippen LogP contribution in [0.1, 0.15) is 22.8 Å². The number of hydrogen-bond acceptors (Lipinski definition) is 3. The number of anilines is 2. The van der Waals surface area contributed by atoms with Crippen molar-refractivity contribution in [2.24, 2.45) is 0 Å². The summed E-state index contributed by atoms with van der Waals surface area (Å²) in [5, 5.41) is 3.08. The van der Waals surface area contributed by atoms with Crippen molar-refractivity contribution in [3.63, 3.8) is 0 Å². The van der Waals surface area contributed by atoms with Crippen LogP contribution in [0.3, 0.4) is 0 Å². The Kier molecular flexibility index (Phi) is 3.81. The first kappa shape index (κ1) is 13.5. The molecule has 5 heteroatoms. The topological polar surface area (TPSA) is 42.0 Å². The summed E-state index contributed by atoms with van der Waals surface area (Å²) in [6.45, 7) is 3.22. The number of aryl methyl sites for hydroxylation is 1. The predicted octanol–water partition coefficient (Wildman–Crippen LogP) is 4.13. The summed E-state index contributed by atoms with van der Waals surface area (Å²) in [5.74, 6) is -0.552. The van der Waals surface area contributed by atoms with Crippen LogP contribution >= 0.6 is 11.6 Å². The molecule has 2 rings (SSSR count). The van der Waals surface area contributed by atoms with Crippen molar-refractivity contribution in [2.45, 2.75) is 13.8 Å². The second-order valence-electron chi connectivity index (χ2n) is 4.22. The van der Waals surface area contributed by atoms with E-state index in [0.29, 0.717) is 11.3 Å². The number of nitrogens with one attached hydrogen (secondary N) is 1. The molecule has 19 heavy (non-hydrogen) atoms. The second-order valence-corrected chi connectivity index (χ2v) is 4.60. The molecule has 0 saturated heterocycles. The molecule has 1 aromatic heterocycles. The Morgan fingerprint density at radius 3 is 2.68 bits per heavy atom. The van der Waals surface area contributed by atoms with E-state index in [1.807, 2.05) is 0 Å². The third-order valence-electron chi connectivity index (χ3n) is 2.64. The molecule has 0 unspecified atom stereocenters. The van der Waals surface area contributed by atoms with E-state index in [2.05, 4.69) is 10.3 Å². The average Bonchev–Trinajstić information content (AvgIpc) is 2.34. The summed E-state index contributed by atoms with van der Waals surface area (Å²) >= 11 is 5.75. The number of nitrogens with zero attached hydrogens (tertiary/aromatic N) is 1. The van der Waals surface area contributed by atoms with Gasteiger partial charge in [-0.3, -0.25) is 4.79 Å². The zero-order valence-electron chi connectivity index (χ0n) is 10.5. The van der Waals surface area contributed by atoms with Crippen molar-refractivity contribution >= 4 is 28.8 Å². The molecule has 98 valence electrons. The van der Waals surface area contributed by atoms with Crippen molar-refractivity contribution in [2.75, 3.05) is 5.32 Å². The third kappa shape index (κ3) is 3.09. The molecule has 0 fully saturated rings. The van der Waals surface area contributed by atoms with Crippen molar-refractivity contribution in [1.82, 2.24) is 4.98 Å². The molecule has 0 saturated carbocycles. The summed E-state index contributed by atoms with van der Waals surface area (Å²) in [6.07, 6.45) is 1.42. The molecule has 0 aliphatic rings. The molecule has 1 heterocycles. The van der Waals surface area contributed by atoms with Crippen LogP contribution in [0.4, 0.5) is 15.8 Å². The van der Waals surface area contributed by atoms with Crippen LogP contribution in [0.25, 0.3) is 0 Å². The van der Waals surface area contributed by atoms with Gasteiger partial charge in [0.15, 0.2) is 5.78 Å². The highest BCUT2D eigenvalue weighted by Gasteiger charge is 2.11. The van der Waals surface area contributed by atoms with Crippen LogP contribution in [-0.4, -0.2) is 10.8 Å². The first-order valence-electron chi connectivity index (χ1n) is 5.67. The fourth-order valence-corrected chi connectivity index (χ4v) is 1.85. The van der Waals surface area contributed by atoms with E-state index < -0.39 is 0 Å². The van der Waals surface area contributed by atoms with Crippen LogP contribution in [0.5, 0.6) is 0 Å². The van der Waals surface area contributed by atoms with E-state index in [4.69, 9.17) is 11.6 Å². The maximum atomic E-state index is 13.8. The number of rotatable bonds is 3. The minimum absolute atomic E-state index is 0.167. The number of Topliss-reactive ketones (excluding diaryl/α,β-unsaturated/α-hetero) is 1. The molecule has 1 N–H and O–H groups in total. The SMILES string of the molecule is CC(=O)c1cc(Cl)ncc1Nc1ccc(C)cc1F. The lowest BCUT2D eigenvalue weighted by Crippen LogP contribution is -2.02. The van der Waals surface area contributed by atoms with Gasteiger partial charge in [-0.25, -0.2) is 9.37 Å². The minimum atomic E-state index is -0.385. The lowest BCUT2D eigenvalue weighted by molar-refractivity contribution is 0.101. The molecule has 0 aliphatic carbocycles. The molecule has 3 nitrogen and oxygen atoms in total. The molecule has 2 aromatic rings.